The molecule has 0 aromatic heterocycles. The number of nitrogens with zero attached hydrogens (tertiary/aromatic N) is 2. The Morgan fingerprint density at radius 3 is 2.45 bits per heavy atom. The molecule has 2 fully saturated rings. The van der Waals surface area contributed by atoms with Gasteiger partial charge in [0.1, 0.15) is 0 Å². The number of nitrogens with one attached hydrogen (secondary N) is 1. The van der Waals surface area contributed by atoms with Crippen molar-refractivity contribution in [1.29, 1.82) is 0 Å². The summed E-state index contributed by atoms with van der Waals surface area (Å²) in [5, 5.41) is 3.45. The lowest BCUT2D eigenvalue weighted by molar-refractivity contribution is -0.145. The van der Waals surface area contributed by atoms with Crippen molar-refractivity contribution in [3.63, 3.8) is 0 Å². The summed E-state index contributed by atoms with van der Waals surface area (Å²) >= 11 is 0. The molecule has 1 N–H and O–H groups in total. The van der Waals surface area contributed by atoms with Gasteiger partial charge in [-0.2, -0.15) is 0 Å². The predicted octanol–water partition coefficient (Wildman–Crippen LogP) is 1.71. The fraction of sp³-hybridized carbons (Fsp3) is 0.938. The summed E-state index contributed by atoms with van der Waals surface area (Å²) in [7, 11) is 0. The molecule has 0 aromatic rings. The Morgan fingerprint density at radius 2 is 1.90 bits per heavy atom. The van der Waals surface area contributed by atoms with E-state index in [4.69, 9.17) is 0 Å². The minimum absolute atomic E-state index is 0.111. The molecule has 2 rings (SSSR count). The molecular formula is C16H31N3O. The smallest absolute Gasteiger partial charge is 0.230 e. The Morgan fingerprint density at radius 1 is 1.15 bits per heavy atom. The van der Waals surface area contributed by atoms with E-state index in [0.717, 1.165) is 65.0 Å². The van der Waals surface area contributed by atoms with Gasteiger partial charge < -0.3 is 10.2 Å². The fourth-order valence-electron chi connectivity index (χ4n) is 3.78. The van der Waals surface area contributed by atoms with E-state index in [0.29, 0.717) is 5.91 Å². The molecule has 0 aromatic carbocycles. The number of carbonyl (C=O) groups excluding carboxylic acids is 1. The Kier molecular flexibility index (Phi) is 5.85. The van der Waals surface area contributed by atoms with Crippen LogP contribution in [0.1, 0.15) is 46.0 Å². The zero-order valence-corrected chi connectivity index (χ0v) is 13.3. The second-order valence-electron chi connectivity index (χ2n) is 6.44. The van der Waals surface area contributed by atoms with Crippen LogP contribution in [0.3, 0.4) is 0 Å². The molecule has 0 aliphatic carbocycles. The largest absolute Gasteiger partial charge is 0.340 e. The van der Waals surface area contributed by atoms with Gasteiger partial charge in [-0.15, -0.1) is 0 Å². The third-order valence-electron chi connectivity index (χ3n) is 4.85. The number of amides is 1. The molecule has 1 amide bonds. The quantitative estimate of drug-likeness (QED) is 0.833. The van der Waals surface area contributed by atoms with Gasteiger partial charge >= 0.3 is 0 Å². The standard InChI is InChI=1S/C16H31N3O/c1-3-6-16(7-5-8-17-14-16)15(20)19-12-10-18(9-4-2)11-13-19/h17H,3-14H2,1-2H3. The average molecular weight is 281 g/mol. The maximum atomic E-state index is 13.0. The summed E-state index contributed by atoms with van der Waals surface area (Å²) in [6, 6.07) is 0. The van der Waals surface area contributed by atoms with E-state index in [1.54, 1.807) is 0 Å². The highest BCUT2D eigenvalue weighted by Crippen LogP contribution is 2.34. The molecule has 0 saturated carbocycles. The maximum absolute atomic E-state index is 13.0. The first-order valence-electron chi connectivity index (χ1n) is 8.44. The Labute approximate surface area is 123 Å². The van der Waals surface area contributed by atoms with E-state index in [2.05, 4.69) is 29.0 Å². The fourth-order valence-corrected chi connectivity index (χ4v) is 3.78. The number of piperidine rings is 1. The van der Waals surface area contributed by atoms with Gasteiger partial charge in [-0.1, -0.05) is 20.3 Å². The molecular weight excluding hydrogens is 250 g/mol. The van der Waals surface area contributed by atoms with Crippen molar-refractivity contribution in [2.75, 3.05) is 45.8 Å². The molecule has 2 aliphatic rings. The van der Waals surface area contributed by atoms with E-state index in [-0.39, 0.29) is 5.41 Å². The van der Waals surface area contributed by atoms with E-state index < -0.39 is 0 Å². The summed E-state index contributed by atoms with van der Waals surface area (Å²) in [6.45, 7) is 11.5. The van der Waals surface area contributed by atoms with Gasteiger partial charge in [0.2, 0.25) is 5.91 Å². The number of rotatable bonds is 5. The van der Waals surface area contributed by atoms with Crippen molar-refractivity contribution in [2.45, 2.75) is 46.0 Å². The monoisotopic (exact) mass is 281 g/mol. The van der Waals surface area contributed by atoms with Crippen LogP contribution in [0.4, 0.5) is 0 Å². The van der Waals surface area contributed by atoms with Crippen LogP contribution in [0.25, 0.3) is 0 Å². The van der Waals surface area contributed by atoms with Gasteiger partial charge in [-0.25, -0.2) is 0 Å². The Bertz CT molecular complexity index is 299. The van der Waals surface area contributed by atoms with Crippen molar-refractivity contribution in [1.82, 2.24) is 15.1 Å². The molecule has 0 spiro atoms. The number of hydrogen-bond donors (Lipinski definition) is 1. The van der Waals surface area contributed by atoms with E-state index in [1.807, 2.05) is 0 Å². The molecule has 2 saturated heterocycles. The summed E-state index contributed by atoms with van der Waals surface area (Å²) in [4.78, 5) is 17.6. The molecule has 4 heteroatoms. The van der Waals surface area contributed by atoms with Gasteiger partial charge in [-0.05, 0) is 38.8 Å². The molecule has 116 valence electrons. The number of hydrogen-bond acceptors (Lipinski definition) is 3. The molecule has 4 nitrogen and oxygen atoms in total. The third kappa shape index (κ3) is 3.53. The molecule has 1 atom stereocenters. The van der Waals surface area contributed by atoms with Crippen molar-refractivity contribution < 1.29 is 4.79 Å². The van der Waals surface area contributed by atoms with Gasteiger partial charge in [0.15, 0.2) is 0 Å². The molecule has 0 bridgehead atoms. The van der Waals surface area contributed by atoms with Crippen LogP contribution in [0, 0.1) is 5.41 Å². The van der Waals surface area contributed by atoms with Crippen molar-refractivity contribution >= 4 is 5.91 Å². The predicted molar refractivity (Wildman–Crippen MR) is 82.8 cm³/mol. The van der Waals surface area contributed by atoms with Gasteiger partial charge in [0.25, 0.3) is 0 Å². The molecule has 2 aliphatic heterocycles. The normalized spacial score (nSPS) is 28.6. The van der Waals surface area contributed by atoms with Gasteiger partial charge in [0, 0.05) is 32.7 Å². The lowest BCUT2D eigenvalue weighted by Gasteiger charge is -2.43. The molecule has 0 radical (unpaired) electrons. The molecule has 2 heterocycles. The summed E-state index contributed by atoms with van der Waals surface area (Å²) in [5.41, 5.74) is -0.111. The zero-order valence-electron chi connectivity index (χ0n) is 13.3. The van der Waals surface area contributed by atoms with Crippen LogP contribution in [0.2, 0.25) is 0 Å². The summed E-state index contributed by atoms with van der Waals surface area (Å²) < 4.78 is 0. The van der Waals surface area contributed by atoms with Crippen LogP contribution >= 0.6 is 0 Å². The van der Waals surface area contributed by atoms with Crippen LogP contribution in [0.5, 0.6) is 0 Å². The second kappa shape index (κ2) is 7.41. The minimum atomic E-state index is -0.111. The van der Waals surface area contributed by atoms with E-state index >= 15 is 0 Å². The topological polar surface area (TPSA) is 35.6 Å². The molecule has 1 unspecified atom stereocenters. The van der Waals surface area contributed by atoms with Gasteiger partial charge in [0.05, 0.1) is 5.41 Å². The summed E-state index contributed by atoms with van der Waals surface area (Å²) in [5.74, 6) is 0.419. The third-order valence-corrected chi connectivity index (χ3v) is 4.85. The highest BCUT2D eigenvalue weighted by Gasteiger charge is 2.41. The van der Waals surface area contributed by atoms with Crippen molar-refractivity contribution in [3.05, 3.63) is 0 Å². The Balaban J connectivity index is 1.95. The van der Waals surface area contributed by atoms with Crippen molar-refractivity contribution in [2.24, 2.45) is 5.41 Å². The van der Waals surface area contributed by atoms with Crippen LogP contribution in [-0.4, -0.2) is 61.5 Å². The number of carbonyl (C=O) groups is 1. The second-order valence-corrected chi connectivity index (χ2v) is 6.44. The van der Waals surface area contributed by atoms with Crippen molar-refractivity contribution in [3.8, 4) is 0 Å². The van der Waals surface area contributed by atoms with Gasteiger partial charge in [-0.3, -0.25) is 9.69 Å². The van der Waals surface area contributed by atoms with E-state index in [9.17, 15) is 4.79 Å². The van der Waals surface area contributed by atoms with E-state index in [1.165, 1.54) is 13.0 Å². The number of piperazine rings is 1. The minimum Gasteiger partial charge on any atom is -0.340 e. The lowest BCUT2D eigenvalue weighted by atomic mass is 9.75. The first-order valence-corrected chi connectivity index (χ1v) is 8.44. The molecule has 20 heavy (non-hydrogen) atoms. The first kappa shape index (κ1) is 15.8. The maximum Gasteiger partial charge on any atom is 0.230 e. The van der Waals surface area contributed by atoms with Crippen LogP contribution in [0.15, 0.2) is 0 Å². The zero-order chi connectivity index (χ0) is 14.4. The highest BCUT2D eigenvalue weighted by atomic mass is 16.2. The SMILES string of the molecule is CCCN1CCN(C(=O)C2(CCC)CCCNC2)CC1. The average Bonchev–Trinajstić information content (AvgIpc) is 2.49. The lowest BCUT2D eigenvalue weighted by Crippen LogP contribution is -2.56. The first-order chi connectivity index (χ1) is 9.72. The summed E-state index contributed by atoms with van der Waals surface area (Å²) in [6.07, 6.45) is 5.55. The van der Waals surface area contributed by atoms with Crippen LogP contribution < -0.4 is 5.32 Å². The van der Waals surface area contributed by atoms with Crippen LogP contribution in [-0.2, 0) is 4.79 Å². The Hall–Kier alpha value is -0.610. The highest BCUT2D eigenvalue weighted by molar-refractivity contribution is 5.83.